The number of ether oxygens (including phenoxy) is 2. The summed E-state index contributed by atoms with van der Waals surface area (Å²) in [7, 11) is 2.01. The van der Waals surface area contributed by atoms with Crippen molar-refractivity contribution in [2.24, 2.45) is 0 Å². The number of piperazine rings is 1. The Balaban J connectivity index is 1.42. The number of anilines is 1. The van der Waals surface area contributed by atoms with E-state index in [1.165, 1.54) is 4.90 Å². The molecule has 0 N–H and O–H groups in total. The molecule has 49 heavy (non-hydrogen) atoms. The molecule has 2 saturated heterocycles. The van der Waals surface area contributed by atoms with E-state index in [0.717, 1.165) is 41.8 Å². The molecule has 0 bridgehead atoms. The number of likely N-dealkylation sites (N-methyl/N-ethyl adjacent to an activating group) is 1. The molecule has 254 valence electrons. The van der Waals surface area contributed by atoms with E-state index in [-0.39, 0.29) is 37.3 Å². The molecule has 2 aliphatic heterocycles. The predicted molar refractivity (Wildman–Crippen MR) is 176 cm³/mol. The quantitative estimate of drug-likeness (QED) is 0.180. The van der Waals surface area contributed by atoms with Crippen molar-refractivity contribution in [1.29, 1.82) is 5.26 Å². The molecule has 1 amide bonds. The number of fused-ring (bicyclic) bond motifs is 2. The van der Waals surface area contributed by atoms with Gasteiger partial charge >= 0.3 is 18.2 Å². The second-order valence-electron chi connectivity index (χ2n) is 11.8. The zero-order chi connectivity index (χ0) is 34.9. The fourth-order valence-electron chi connectivity index (χ4n) is 6.32. The van der Waals surface area contributed by atoms with Gasteiger partial charge in [0.15, 0.2) is 5.65 Å². The molecular weight excluding hydrogens is 663 g/mol. The highest BCUT2D eigenvalue weighted by molar-refractivity contribution is 6.36. The van der Waals surface area contributed by atoms with Crippen LogP contribution >= 0.6 is 11.6 Å². The zero-order valence-electron chi connectivity index (χ0n) is 26.4. The van der Waals surface area contributed by atoms with Gasteiger partial charge in [-0.05, 0) is 56.1 Å². The Bertz CT molecular complexity index is 1970. The van der Waals surface area contributed by atoms with Crippen molar-refractivity contribution >= 4 is 51.1 Å². The Hall–Kier alpha value is -5.00. The van der Waals surface area contributed by atoms with Crippen LogP contribution in [0.1, 0.15) is 12.8 Å². The van der Waals surface area contributed by atoms with Gasteiger partial charge in [0.2, 0.25) is 12.0 Å². The zero-order valence-corrected chi connectivity index (χ0v) is 27.1. The molecule has 0 aliphatic carbocycles. The topological polar surface area (TPSA) is 125 Å². The summed E-state index contributed by atoms with van der Waals surface area (Å²) in [4.78, 5) is 43.8. The molecular formula is C34H31ClF3N7O4. The fourth-order valence-corrected chi connectivity index (χ4v) is 6.61. The highest BCUT2D eigenvalue weighted by Crippen LogP contribution is 2.35. The monoisotopic (exact) mass is 693 g/mol. The molecule has 15 heteroatoms. The number of benzene rings is 2. The molecule has 0 radical (unpaired) electrons. The lowest BCUT2D eigenvalue weighted by Crippen LogP contribution is -2.60. The van der Waals surface area contributed by atoms with Crippen LogP contribution in [0.2, 0.25) is 5.02 Å². The summed E-state index contributed by atoms with van der Waals surface area (Å²) in [5.74, 6) is -2.85. The van der Waals surface area contributed by atoms with Gasteiger partial charge in [0, 0.05) is 41.6 Å². The highest BCUT2D eigenvalue weighted by Gasteiger charge is 2.46. The van der Waals surface area contributed by atoms with E-state index >= 15 is 0 Å². The van der Waals surface area contributed by atoms with Crippen molar-refractivity contribution < 1.29 is 32.2 Å². The molecule has 0 spiro atoms. The number of amides is 1. The summed E-state index contributed by atoms with van der Waals surface area (Å²) >= 11 is 6.61. The van der Waals surface area contributed by atoms with E-state index in [0.29, 0.717) is 28.5 Å². The van der Waals surface area contributed by atoms with Gasteiger partial charge in [-0.15, -0.1) is 0 Å². The third-order valence-electron chi connectivity index (χ3n) is 8.84. The van der Waals surface area contributed by atoms with Crippen LogP contribution in [0.3, 0.4) is 0 Å². The Morgan fingerprint density at radius 2 is 1.90 bits per heavy atom. The van der Waals surface area contributed by atoms with Crippen LogP contribution in [0, 0.1) is 11.3 Å². The van der Waals surface area contributed by atoms with Crippen molar-refractivity contribution in [1.82, 2.24) is 24.8 Å². The fraction of sp³-hybridized carbons (Fsp3) is 0.353. The van der Waals surface area contributed by atoms with Gasteiger partial charge < -0.3 is 24.2 Å². The number of hydrogen-bond donors (Lipinski definition) is 0. The lowest BCUT2D eigenvalue weighted by Gasteiger charge is -2.42. The maximum absolute atomic E-state index is 13.1. The minimum absolute atomic E-state index is 0.0323. The molecule has 6 rings (SSSR count). The van der Waals surface area contributed by atoms with Gasteiger partial charge in [0.05, 0.1) is 11.1 Å². The van der Waals surface area contributed by atoms with Gasteiger partial charge in [-0.3, -0.25) is 4.79 Å². The number of nitrogens with zero attached hydrogens (tertiary/aromatic N) is 7. The molecule has 2 aromatic heterocycles. The van der Waals surface area contributed by atoms with Crippen LogP contribution in [0.5, 0.6) is 6.01 Å². The molecule has 0 saturated carbocycles. The van der Waals surface area contributed by atoms with E-state index in [1.807, 2.05) is 37.4 Å². The number of rotatable bonds is 8. The van der Waals surface area contributed by atoms with E-state index in [9.17, 15) is 28.0 Å². The van der Waals surface area contributed by atoms with Crippen molar-refractivity contribution in [3.05, 3.63) is 66.2 Å². The number of pyridine rings is 1. The molecule has 1 unspecified atom stereocenters. The number of nitriles is 1. The van der Waals surface area contributed by atoms with E-state index in [1.54, 1.807) is 29.2 Å². The first kappa shape index (κ1) is 33.9. The SMILES string of the molecule is C=CC(=O)N1CCN(c2nc(OC[C@@H]3CCCN3C)nc3nc(-c4cccc5cccc(Cl)c45)ccc23)C[C@H]1C(C#N)OC(=O)C(F)(F)F. The van der Waals surface area contributed by atoms with Crippen LogP contribution in [0.15, 0.2) is 61.2 Å². The minimum atomic E-state index is -5.34. The maximum Gasteiger partial charge on any atom is 0.490 e. The molecule has 2 aliphatic rings. The Morgan fingerprint density at radius 3 is 2.59 bits per heavy atom. The third-order valence-corrected chi connectivity index (χ3v) is 9.16. The van der Waals surface area contributed by atoms with E-state index in [2.05, 4.69) is 21.2 Å². The summed E-state index contributed by atoms with van der Waals surface area (Å²) in [5, 5.41) is 12.6. The third kappa shape index (κ3) is 6.95. The normalized spacial score (nSPS) is 19.1. The van der Waals surface area contributed by atoms with Crippen LogP contribution in [-0.4, -0.2) is 101 Å². The van der Waals surface area contributed by atoms with Crippen LogP contribution in [0.4, 0.5) is 19.0 Å². The molecule has 2 fully saturated rings. The second kappa shape index (κ2) is 13.9. The number of carbonyl (C=O) groups excluding carboxylic acids is 2. The Labute approximate surface area is 284 Å². The Kier molecular flexibility index (Phi) is 9.58. The number of alkyl halides is 3. The van der Waals surface area contributed by atoms with Gasteiger partial charge in [0.1, 0.15) is 24.5 Å². The summed E-state index contributed by atoms with van der Waals surface area (Å²) in [6.07, 6.45) is -4.32. The highest BCUT2D eigenvalue weighted by atomic mass is 35.5. The minimum Gasteiger partial charge on any atom is -0.462 e. The lowest BCUT2D eigenvalue weighted by molar-refractivity contribution is -0.204. The summed E-state index contributed by atoms with van der Waals surface area (Å²) in [6.45, 7) is 4.64. The number of likely N-dealkylation sites (tertiary alicyclic amines) is 1. The smallest absolute Gasteiger partial charge is 0.462 e. The summed E-state index contributed by atoms with van der Waals surface area (Å²) in [6, 6.07) is 15.5. The molecule has 3 atom stereocenters. The van der Waals surface area contributed by atoms with Gasteiger partial charge in [-0.2, -0.15) is 28.4 Å². The first-order valence-electron chi connectivity index (χ1n) is 15.5. The average molecular weight is 694 g/mol. The maximum atomic E-state index is 13.1. The standard InChI is InChI=1S/C34H31ClF3N7O4/c1-3-28(46)45-16-15-44(18-26(45)27(17-39)49-32(47)34(36,37)38)31-23-12-13-25(22-10-4-7-20-8-5-11-24(35)29(20)22)40-30(23)41-33(42-31)48-19-21-9-6-14-43(21)2/h3-5,7-8,10-13,21,26-27H,1,6,9,14-16,18-19H2,2H3/t21-,26-,27?/m0/s1. The first-order valence-corrected chi connectivity index (χ1v) is 15.9. The summed E-state index contributed by atoms with van der Waals surface area (Å²) in [5.41, 5.74) is 1.64. The van der Waals surface area contributed by atoms with Crippen molar-refractivity contribution in [3.8, 4) is 23.3 Å². The second-order valence-corrected chi connectivity index (χ2v) is 12.2. The average Bonchev–Trinajstić information content (AvgIpc) is 3.51. The van der Waals surface area contributed by atoms with Crippen LogP contribution in [0.25, 0.3) is 33.1 Å². The van der Waals surface area contributed by atoms with Crippen LogP contribution < -0.4 is 9.64 Å². The van der Waals surface area contributed by atoms with Crippen molar-refractivity contribution in [2.75, 3.05) is 44.7 Å². The Morgan fingerprint density at radius 1 is 1.12 bits per heavy atom. The molecule has 4 heterocycles. The van der Waals surface area contributed by atoms with E-state index < -0.39 is 30.2 Å². The molecule has 4 aromatic rings. The first-order chi connectivity index (χ1) is 23.5. The number of halogens is 4. The number of carbonyl (C=O) groups is 2. The van der Waals surface area contributed by atoms with Crippen LogP contribution in [-0.2, 0) is 14.3 Å². The lowest BCUT2D eigenvalue weighted by atomic mass is 10.0. The number of esters is 1. The number of aromatic nitrogens is 3. The predicted octanol–water partition coefficient (Wildman–Crippen LogP) is 5.17. The van der Waals surface area contributed by atoms with Gasteiger partial charge in [-0.1, -0.05) is 48.5 Å². The summed E-state index contributed by atoms with van der Waals surface area (Å²) < 4.78 is 50.1. The molecule has 11 nitrogen and oxygen atoms in total. The van der Waals surface area contributed by atoms with Gasteiger partial charge in [0.25, 0.3) is 0 Å². The van der Waals surface area contributed by atoms with Crippen molar-refractivity contribution in [3.63, 3.8) is 0 Å². The molecule has 2 aromatic carbocycles. The van der Waals surface area contributed by atoms with Crippen molar-refractivity contribution in [2.45, 2.75) is 37.2 Å². The largest absolute Gasteiger partial charge is 0.490 e. The number of hydrogen-bond acceptors (Lipinski definition) is 10. The van der Waals surface area contributed by atoms with E-state index in [4.69, 9.17) is 26.3 Å². The van der Waals surface area contributed by atoms with Gasteiger partial charge in [-0.25, -0.2) is 9.78 Å².